The number of likely N-dealkylation sites (N-methyl/N-ethyl adjacent to an activating group) is 2. The number of likely N-dealkylation sites (tertiary alicyclic amines) is 1. The summed E-state index contributed by atoms with van der Waals surface area (Å²) in [5.41, 5.74) is 9.95. The second-order valence-corrected chi connectivity index (χ2v) is 26.3. The van der Waals surface area contributed by atoms with Crippen LogP contribution in [0.2, 0.25) is 0 Å². The Bertz CT molecular complexity index is 3240. The number of hydrogen-bond donors (Lipinski definition) is 1. The van der Waals surface area contributed by atoms with Crippen LogP contribution >= 0.6 is 33.3 Å². The van der Waals surface area contributed by atoms with E-state index in [1.165, 1.54) is 22.2 Å². The lowest BCUT2D eigenvalue weighted by Crippen LogP contribution is -2.41. The van der Waals surface area contributed by atoms with Crippen LogP contribution < -0.4 is 39.1 Å². The Hall–Kier alpha value is -6.63. The number of carbonyl (C=O) groups is 6. The molecule has 3 atom stereocenters. The lowest BCUT2D eigenvalue weighted by molar-refractivity contribution is -0.138. The van der Waals surface area contributed by atoms with E-state index in [0.29, 0.717) is 79.4 Å². The zero-order chi connectivity index (χ0) is 56.4. The first-order valence-corrected chi connectivity index (χ1v) is 31.1. The molecule has 1 fully saturated rings. The highest BCUT2D eigenvalue weighted by Crippen LogP contribution is 2.44. The molecule has 15 nitrogen and oxygen atoms in total. The van der Waals surface area contributed by atoms with Gasteiger partial charge in [0.05, 0.1) is 46.9 Å². The van der Waals surface area contributed by atoms with Crippen molar-refractivity contribution in [3.63, 3.8) is 0 Å². The molecule has 80 heavy (non-hydrogen) atoms. The van der Waals surface area contributed by atoms with Crippen molar-refractivity contribution in [3.8, 4) is 17.2 Å². The Balaban J connectivity index is 0.804. The van der Waals surface area contributed by atoms with Crippen molar-refractivity contribution >= 4 is 97.1 Å². The first-order chi connectivity index (χ1) is 38.5. The average Bonchev–Trinajstić information content (AvgIpc) is 4.25. The van der Waals surface area contributed by atoms with Gasteiger partial charge in [0.15, 0.2) is 11.5 Å². The number of rotatable bonds is 22. The van der Waals surface area contributed by atoms with Gasteiger partial charge in [-0.25, -0.2) is 0 Å². The summed E-state index contributed by atoms with van der Waals surface area (Å²) in [6, 6.07) is 29.6. The number of nitrogens with one attached hydrogen (secondary N) is 1. The number of aryl methyl sites for hydroxylation is 1. The fraction of sp³-hybridized carbons (Fsp3) is 0.419. The molecular formula is C62H70N6O9S3. The van der Waals surface area contributed by atoms with Gasteiger partial charge in [0, 0.05) is 99.1 Å². The van der Waals surface area contributed by atoms with Crippen molar-refractivity contribution in [1.82, 2.24) is 4.90 Å². The van der Waals surface area contributed by atoms with Gasteiger partial charge in [-0.15, -0.1) is 0 Å². The van der Waals surface area contributed by atoms with Gasteiger partial charge in [-0.2, -0.15) is 11.8 Å². The number of anilines is 5. The third-order valence-electron chi connectivity index (χ3n) is 15.8. The Morgan fingerprint density at radius 1 is 0.688 bits per heavy atom. The molecule has 5 aliphatic rings. The number of fused-ring (bicyclic) bond motifs is 8. The minimum absolute atomic E-state index is 0.0153. The van der Waals surface area contributed by atoms with Crippen LogP contribution in [0.25, 0.3) is 0 Å². The lowest BCUT2D eigenvalue weighted by Gasteiger charge is -2.25. The Morgan fingerprint density at radius 2 is 1.26 bits per heavy atom. The van der Waals surface area contributed by atoms with Crippen molar-refractivity contribution in [2.45, 2.75) is 114 Å². The van der Waals surface area contributed by atoms with Gasteiger partial charge in [0.1, 0.15) is 24.7 Å². The van der Waals surface area contributed by atoms with Crippen LogP contribution in [-0.4, -0.2) is 115 Å². The summed E-state index contributed by atoms with van der Waals surface area (Å²) >= 11 is 1.39. The Morgan fingerprint density at radius 3 is 1.86 bits per heavy atom. The summed E-state index contributed by atoms with van der Waals surface area (Å²) in [5.74, 6) is 1.91. The maximum absolute atomic E-state index is 14.3. The molecule has 0 aromatic heterocycles. The van der Waals surface area contributed by atoms with Gasteiger partial charge in [0.25, 0.3) is 11.8 Å². The van der Waals surface area contributed by atoms with E-state index in [0.717, 1.165) is 70.0 Å². The number of amides is 5. The molecule has 18 heteroatoms. The van der Waals surface area contributed by atoms with Gasteiger partial charge >= 0.3 is 0 Å². The third-order valence-corrected chi connectivity index (χ3v) is 20.2. The molecule has 420 valence electrons. The minimum Gasteiger partial charge on any atom is -0.493 e. The number of carbonyl (C=O) groups excluding carboxylic acids is 6. The molecule has 5 amide bonds. The van der Waals surface area contributed by atoms with Gasteiger partial charge in [-0.05, 0) is 129 Å². The number of Topliss-reactive ketones (excluding diaryl/α,β-unsaturated/α-hetero) is 1. The number of ketones is 1. The first-order valence-electron chi connectivity index (χ1n) is 27.5. The summed E-state index contributed by atoms with van der Waals surface area (Å²) in [4.78, 5) is 89.1. The summed E-state index contributed by atoms with van der Waals surface area (Å²) < 4.78 is 18.9. The molecule has 0 spiro atoms. The molecule has 10 rings (SSSR count). The van der Waals surface area contributed by atoms with Crippen LogP contribution in [0, 0.1) is 6.92 Å². The van der Waals surface area contributed by atoms with Crippen molar-refractivity contribution in [2.24, 2.45) is 0 Å². The van der Waals surface area contributed by atoms with Gasteiger partial charge in [-0.3, -0.25) is 33.7 Å². The zero-order valence-electron chi connectivity index (χ0n) is 46.6. The van der Waals surface area contributed by atoms with Crippen molar-refractivity contribution < 1.29 is 43.0 Å². The van der Waals surface area contributed by atoms with Gasteiger partial charge < -0.3 is 39.1 Å². The smallest absolute Gasteiger partial charge is 0.260 e. The van der Waals surface area contributed by atoms with E-state index in [1.807, 2.05) is 110 Å². The van der Waals surface area contributed by atoms with E-state index in [4.69, 9.17) is 14.2 Å². The molecule has 5 heterocycles. The summed E-state index contributed by atoms with van der Waals surface area (Å²) in [6.07, 6.45) is 6.51. The predicted octanol–water partition coefficient (Wildman–Crippen LogP) is 10.7. The standard InChI is InChI=1S/C62H70N6O9S3/c1-38-24-47-51(64(4)34-44-28-41-14-8-10-18-49(41)67(44)59(47)72)31-53(38)76-36-39-25-40(37-77-55-32-52-48(30-54(55)75-6)60(73)68-45(35-65(52)5)29-42-15-9-11-19-50(42)68)27-43(26-39)63-57(70)20-21-62(2,3)80-79-23-13-17-46(69)16-12-22-66-58(71)33-56(78-7)61(66)74/h8-11,14-15,18-19,24-27,30-32,44-45,56H,12-13,16-17,20-23,28-29,33-37H2,1-7H3,(H,63,70)/t44-,45-,56?/m0/s1. The SMILES string of the molecule is COc1cc2c(cc1OCc1cc(COc3cc4c(cc3C)C(=O)N3c5ccccc5C[C@H]3CN4C)cc(NC(=O)CCC(C)(C)SSCCCC(=O)CCCN3C(=O)CC(SC)C3=O)c1)N(C)C[C@@H]1Cc3ccccc3N1C2=O. The number of para-hydroxylation sites is 2. The average molecular weight is 1140 g/mol. The highest BCUT2D eigenvalue weighted by atomic mass is 33.1. The van der Waals surface area contributed by atoms with Crippen molar-refractivity contribution in [3.05, 3.63) is 130 Å². The predicted molar refractivity (Wildman–Crippen MR) is 321 cm³/mol. The van der Waals surface area contributed by atoms with E-state index in [1.54, 1.807) is 34.8 Å². The number of imide groups is 1. The van der Waals surface area contributed by atoms with Crippen LogP contribution in [0.15, 0.2) is 91.0 Å². The van der Waals surface area contributed by atoms with Crippen molar-refractivity contribution in [2.75, 3.05) is 77.8 Å². The van der Waals surface area contributed by atoms with E-state index >= 15 is 0 Å². The van der Waals surface area contributed by atoms with Crippen LogP contribution in [-0.2, 0) is 45.2 Å². The van der Waals surface area contributed by atoms with Crippen LogP contribution in [0.5, 0.6) is 17.2 Å². The van der Waals surface area contributed by atoms with Crippen molar-refractivity contribution in [1.29, 1.82) is 0 Å². The second-order valence-electron chi connectivity index (χ2n) is 22.1. The molecule has 0 bridgehead atoms. The van der Waals surface area contributed by atoms with E-state index in [-0.39, 0.29) is 83.5 Å². The Labute approximate surface area is 481 Å². The number of ether oxygens (including phenoxy) is 3. The molecule has 0 aliphatic carbocycles. The maximum Gasteiger partial charge on any atom is 0.260 e. The van der Waals surface area contributed by atoms with E-state index < -0.39 is 0 Å². The number of thioether (sulfide) groups is 1. The normalized spacial score (nSPS) is 18.3. The molecule has 0 radical (unpaired) electrons. The minimum atomic E-state index is -0.310. The molecule has 5 aromatic carbocycles. The molecule has 0 saturated carbocycles. The number of benzene rings is 5. The monoisotopic (exact) mass is 1140 g/mol. The summed E-state index contributed by atoms with van der Waals surface area (Å²) in [7, 11) is 8.99. The van der Waals surface area contributed by atoms with Crippen LogP contribution in [0.3, 0.4) is 0 Å². The van der Waals surface area contributed by atoms with E-state index in [9.17, 15) is 28.8 Å². The third kappa shape index (κ3) is 12.2. The summed E-state index contributed by atoms with van der Waals surface area (Å²) in [6.45, 7) is 8.07. The molecule has 1 saturated heterocycles. The molecule has 5 aliphatic heterocycles. The van der Waals surface area contributed by atoms with Gasteiger partial charge in [-0.1, -0.05) is 58.0 Å². The molecular weight excluding hydrogens is 1070 g/mol. The maximum atomic E-state index is 14.3. The molecule has 1 N–H and O–H groups in total. The van der Waals surface area contributed by atoms with Crippen LogP contribution in [0.1, 0.15) is 107 Å². The molecule has 5 aromatic rings. The topological polar surface area (TPSA) is 158 Å². The lowest BCUT2D eigenvalue weighted by atomic mass is 10.1. The quantitative estimate of drug-likeness (QED) is 0.0396. The highest BCUT2D eigenvalue weighted by Gasteiger charge is 2.41. The first kappa shape index (κ1) is 56.6. The highest BCUT2D eigenvalue weighted by molar-refractivity contribution is 8.77. The molecule has 1 unspecified atom stereocenters. The number of hydrogen-bond acceptors (Lipinski definition) is 14. The van der Waals surface area contributed by atoms with Crippen LogP contribution in [0.4, 0.5) is 28.4 Å². The largest absolute Gasteiger partial charge is 0.493 e. The van der Waals surface area contributed by atoms with E-state index in [2.05, 4.69) is 41.1 Å². The summed E-state index contributed by atoms with van der Waals surface area (Å²) in [5, 5.41) is 2.85. The fourth-order valence-corrected chi connectivity index (χ4v) is 14.9. The fourth-order valence-electron chi connectivity index (χ4n) is 11.6. The second kappa shape index (κ2) is 24.2. The number of nitrogens with zero attached hydrogens (tertiary/aromatic N) is 5. The zero-order valence-corrected chi connectivity index (χ0v) is 49.1. The Kier molecular flexibility index (Phi) is 17.1. The number of methoxy groups -OCH3 is 1. The van der Waals surface area contributed by atoms with Gasteiger partial charge in [0.2, 0.25) is 17.7 Å².